The molecule has 4 rings (SSSR count). The van der Waals surface area contributed by atoms with Crippen molar-refractivity contribution in [2.24, 2.45) is 0 Å². The molecule has 148 valence electrons. The van der Waals surface area contributed by atoms with Crippen LogP contribution in [0.25, 0.3) is 0 Å². The summed E-state index contributed by atoms with van der Waals surface area (Å²) >= 11 is 0. The minimum atomic E-state index is -0.333. The van der Waals surface area contributed by atoms with E-state index < -0.39 is 0 Å². The highest BCUT2D eigenvalue weighted by Gasteiger charge is 2.30. The van der Waals surface area contributed by atoms with E-state index in [1.807, 2.05) is 30.3 Å². The summed E-state index contributed by atoms with van der Waals surface area (Å²) in [6.45, 7) is 2.40. The SMILES string of the molecule is Cc1cn2c(c(OCc3ccccc3)c1=O)C(=O)N(Cc1ccc(F)cc1)CN2. The fourth-order valence-corrected chi connectivity index (χ4v) is 3.22. The fraction of sp³-hybridized carbons (Fsp3) is 0.182. The summed E-state index contributed by atoms with van der Waals surface area (Å²) in [6, 6.07) is 15.4. The van der Waals surface area contributed by atoms with Gasteiger partial charge in [-0.3, -0.25) is 14.3 Å². The minimum absolute atomic E-state index is 0.0233. The van der Waals surface area contributed by atoms with Crippen LogP contribution in [0.4, 0.5) is 4.39 Å². The van der Waals surface area contributed by atoms with Crippen LogP contribution < -0.4 is 15.6 Å². The number of rotatable bonds is 5. The Bertz CT molecular complexity index is 1090. The van der Waals surface area contributed by atoms with Crippen molar-refractivity contribution in [3.63, 3.8) is 0 Å². The molecule has 0 saturated heterocycles. The van der Waals surface area contributed by atoms with Crippen molar-refractivity contribution in [2.75, 3.05) is 12.1 Å². The van der Waals surface area contributed by atoms with Gasteiger partial charge in [0.1, 0.15) is 19.1 Å². The Morgan fingerprint density at radius 1 is 1.03 bits per heavy atom. The Balaban J connectivity index is 1.64. The van der Waals surface area contributed by atoms with E-state index >= 15 is 0 Å². The number of carbonyl (C=O) groups excluding carboxylic acids is 1. The molecule has 1 aliphatic heterocycles. The Morgan fingerprint density at radius 2 is 1.76 bits per heavy atom. The van der Waals surface area contributed by atoms with Gasteiger partial charge in [-0.2, -0.15) is 0 Å². The van der Waals surface area contributed by atoms with E-state index in [-0.39, 0.29) is 48.4 Å². The van der Waals surface area contributed by atoms with Crippen LogP contribution >= 0.6 is 0 Å². The summed E-state index contributed by atoms with van der Waals surface area (Å²) in [6.07, 6.45) is 1.60. The monoisotopic (exact) mass is 393 g/mol. The van der Waals surface area contributed by atoms with Gasteiger partial charge in [-0.15, -0.1) is 0 Å². The lowest BCUT2D eigenvalue weighted by Crippen LogP contribution is -2.46. The molecule has 1 aliphatic rings. The van der Waals surface area contributed by atoms with Crippen LogP contribution in [0.3, 0.4) is 0 Å². The quantitative estimate of drug-likeness (QED) is 0.724. The molecule has 0 unspecified atom stereocenters. The van der Waals surface area contributed by atoms with E-state index in [0.717, 1.165) is 11.1 Å². The summed E-state index contributed by atoms with van der Waals surface area (Å²) in [5, 5.41) is 0. The van der Waals surface area contributed by atoms with Gasteiger partial charge in [0, 0.05) is 18.3 Å². The van der Waals surface area contributed by atoms with E-state index in [0.29, 0.717) is 5.56 Å². The van der Waals surface area contributed by atoms with Crippen molar-refractivity contribution < 1.29 is 13.9 Å². The molecule has 0 bridgehead atoms. The summed E-state index contributed by atoms with van der Waals surface area (Å²) in [5.74, 6) is -0.635. The molecule has 1 amide bonds. The summed E-state index contributed by atoms with van der Waals surface area (Å²) < 4.78 is 20.5. The number of halogens is 1. The number of hydrogen-bond acceptors (Lipinski definition) is 4. The maximum absolute atomic E-state index is 13.2. The van der Waals surface area contributed by atoms with Gasteiger partial charge >= 0.3 is 0 Å². The number of fused-ring (bicyclic) bond motifs is 1. The highest BCUT2D eigenvalue weighted by molar-refractivity contribution is 5.96. The number of carbonyl (C=O) groups is 1. The lowest BCUT2D eigenvalue weighted by molar-refractivity contribution is 0.0706. The van der Waals surface area contributed by atoms with E-state index in [9.17, 15) is 14.0 Å². The molecule has 0 radical (unpaired) electrons. The van der Waals surface area contributed by atoms with Crippen molar-refractivity contribution in [3.05, 3.63) is 99.2 Å². The molecule has 3 aromatic rings. The van der Waals surface area contributed by atoms with Crippen LogP contribution in [0.1, 0.15) is 27.2 Å². The van der Waals surface area contributed by atoms with Crippen LogP contribution in [-0.2, 0) is 13.2 Å². The zero-order valence-electron chi connectivity index (χ0n) is 15.9. The first-order valence-electron chi connectivity index (χ1n) is 9.23. The fourth-order valence-electron chi connectivity index (χ4n) is 3.22. The number of aryl methyl sites for hydroxylation is 1. The second kappa shape index (κ2) is 7.79. The Morgan fingerprint density at radius 3 is 2.48 bits per heavy atom. The lowest BCUT2D eigenvalue weighted by atomic mass is 10.1. The molecule has 1 aromatic heterocycles. The van der Waals surface area contributed by atoms with Crippen LogP contribution in [0.5, 0.6) is 5.75 Å². The number of hydrogen-bond donors (Lipinski definition) is 1. The molecule has 2 heterocycles. The standard InChI is InChI=1S/C22H20FN3O3/c1-15-11-26-19(21(20(15)27)29-13-17-5-3-2-4-6-17)22(28)25(14-24-26)12-16-7-9-18(23)10-8-16/h2-11,24H,12-14H2,1H3. The number of aromatic nitrogens is 1. The third kappa shape index (κ3) is 3.85. The van der Waals surface area contributed by atoms with Gasteiger partial charge in [-0.1, -0.05) is 42.5 Å². The topological polar surface area (TPSA) is 63.6 Å². The highest BCUT2D eigenvalue weighted by atomic mass is 19.1. The molecular formula is C22H20FN3O3. The van der Waals surface area contributed by atoms with Crippen LogP contribution in [0.2, 0.25) is 0 Å². The summed E-state index contributed by atoms with van der Waals surface area (Å²) in [7, 11) is 0. The van der Waals surface area contributed by atoms with Crippen LogP contribution in [-0.4, -0.2) is 22.2 Å². The first-order chi connectivity index (χ1) is 14.0. The van der Waals surface area contributed by atoms with Gasteiger partial charge < -0.3 is 15.1 Å². The molecule has 1 N–H and O–H groups in total. The van der Waals surface area contributed by atoms with Gasteiger partial charge in [-0.25, -0.2) is 4.39 Å². The van der Waals surface area contributed by atoms with E-state index in [1.54, 1.807) is 34.8 Å². The number of amides is 1. The molecule has 0 atom stereocenters. The largest absolute Gasteiger partial charge is 0.482 e. The minimum Gasteiger partial charge on any atom is -0.482 e. The van der Waals surface area contributed by atoms with Gasteiger partial charge in [0.25, 0.3) is 5.91 Å². The van der Waals surface area contributed by atoms with E-state index in [4.69, 9.17) is 4.74 Å². The van der Waals surface area contributed by atoms with Crippen molar-refractivity contribution in [3.8, 4) is 5.75 Å². The van der Waals surface area contributed by atoms with Crippen molar-refractivity contribution in [2.45, 2.75) is 20.1 Å². The van der Waals surface area contributed by atoms with Gasteiger partial charge in [-0.05, 0) is 30.2 Å². The highest BCUT2D eigenvalue weighted by Crippen LogP contribution is 2.22. The second-order valence-electron chi connectivity index (χ2n) is 6.91. The number of nitrogens with zero attached hydrogens (tertiary/aromatic N) is 2. The van der Waals surface area contributed by atoms with Gasteiger partial charge in [0.2, 0.25) is 5.43 Å². The van der Waals surface area contributed by atoms with Gasteiger partial charge in [0.05, 0.1) is 0 Å². The average Bonchev–Trinajstić information content (AvgIpc) is 2.73. The van der Waals surface area contributed by atoms with Crippen molar-refractivity contribution in [1.82, 2.24) is 9.58 Å². The molecular weight excluding hydrogens is 373 g/mol. The summed E-state index contributed by atoms with van der Waals surface area (Å²) in [4.78, 5) is 27.4. The Hall–Kier alpha value is -3.61. The average molecular weight is 393 g/mol. The van der Waals surface area contributed by atoms with Crippen LogP contribution in [0.15, 0.2) is 65.6 Å². The van der Waals surface area contributed by atoms with Crippen molar-refractivity contribution in [1.29, 1.82) is 0 Å². The zero-order valence-corrected chi connectivity index (χ0v) is 15.9. The normalized spacial score (nSPS) is 13.0. The van der Waals surface area contributed by atoms with E-state index in [2.05, 4.69) is 5.43 Å². The number of ether oxygens (including phenoxy) is 1. The molecule has 0 saturated carbocycles. The first-order valence-corrected chi connectivity index (χ1v) is 9.23. The molecule has 6 nitrogen and oxygen atoms in total. The smallest absolute Gasteiger partial charge is 0.278 e. The predicted octanol–water partition coefficient (Wildman–Crippen LogP) is 3.03. The summed E-state index contributed by atoms with van der Waals surface area (Å²) in [5.41, 5.74) is 5.11. The maximum Gasteiger partial charge on any atom is 0.278 e. The Labute approximate surface area is 167 Å². The van der Waals surface area contributed by atoms with Gasteiger partial charge in [0.15, 0.2) is 11.4 Å². The predicted molar refractivity (Wildman–Crippen MR) is 107 cm³/mol. The third-order valence-corrected chi connectivity index (χ3v) is 4.78. The Kier molecular flexibility index (Phi) is 5.03. The first kappa shape index (κ1) is 18.7. The van der Waals surface area contributed by atoms with Crippen LogP contribution in [0, 0.1) is 12.7 Å². The second-order valence-corrected chi connectivity index (χ2v) is 6.91. The molecule has 0 spiro atoms. The van der Waals surface area contributed by atoms with E-state index in [1.165, 1.54) is 12.1 Å². The lowest BCUT2D eigenvalue weighted by Gasteiger charge is -2.32. The zero-order chi connectivity index (χ0) is 20.4. The molecule has 7 heteroatoms. The number of pyridine rings is 1. The molecule has 0 aliphatic carbocycles. The number of benzene rings is 2. The maximum atomic E-state index is 13.2. The van der Waals surface area contributed by atoms with Crippen molar-refractivity contribution >= 4 is 5.91 Å². The molecule has 0 fully saturated rings. The third-order valence-electron chi connectivity index (χ3n) is 4.78. The molecule has 29 heavy (non-hydrogen) atoms. The number of nitrogens with one attached hydrogen (secondary N) is 1. The molecule has 2 aromatic carbocycles.